The maximum Gasteiger partial charge on any atom is 0.254 e. The number of aromatic nitrogens is 2. The van der Waals surface area contributed by atoms with Crippen molar-refractivity contribution in [1.82, 2.24) is 4.57 Å². The second kappa shape index (κ2) is 4.88. The first-order chi connectivity index (χ1) is 11.1. The Morgan fingerprint density at radius 2 is 1.78 bits per heavy atom. The summed E-state index contributed by atoms with van der Waals surface area (Å²) in [6.07, 6.45) is 3.10. The fourth-order valence-corrected chi connectivity index (χ4v) is 3.74. The molecule has 1 unspecified atom stereocenters. The minimum Gasteiger partial charge on any atom is -0.284 e. The zero-order valence-corrected chi connectivity index (χ0v) is 13.8. The van der Waals surface area contributed by atoms with Crippen LogP contribution in [0.1, 0.15) is 83.1 Å². The third-order valence-corrected chi connectivity index (χ3v) is 5.19. The van der Waals surface area contributed by atoms with E-state index in [0.29, 0.717) is 28.6 Å². The van der Waals surface area contributed by atoms with Crippen molar-refractivity contribution in [2.45, 2.75) is 52.1 Å². The summed E-state index contributed by atoms with van der Waals surface area (Å²) >= 11 is 0. The number of ketones is 2. The lowest BCUT2D eigenvalue weighted by Gasteiger charge is -2.14. The van der Waals surface area contributed by atoms with E-state index in [9.17, 15) is 9.59 Å². The van der Waals surface area contributed by atoms with E-state index in [1.54, 1.807) is 12.1 Å². The zero-order chi connectivity index (χ0) is 16.3. The first-order valence-corrected chi connectivity index (χ1v) is 8.41. The molecule has 4 nitrogen and oxygen atoms in total. The minimum atomic E-state index is -0.0157. The molecule has 0 N–H and O–H groups in total. The topological polar surface area (TPSA) is 43.0 Å². The molecule has 0 bridgehead atoms. The highest BCUT2D eigenvalue weighted by atomic mass is 16.1. The number of hydrogen-bond donors (Lipinski definition) is 0. The molecule has 1 aromatic carbocycles. The van der Waals surface area contributed by atoms with Crippen LogP contribution in [0.3, 0.4) is 0 Å². The third kappa shape index (κ3) is 1.87. The van der Waals surface area contributed by atoms with E-state index in [2.05, 4.69) is 23.0 Å². The molecule has 1 fully saturated rings. The summed E-state index contributed by atoms with van der Waals surface area (Å²) in [4.78, 5) is 26.2. The van der Waals surface area contributed by atoms with Crippen molar-refractivity contribution in [1.29, 1.82) is 0 Å². The second-order valence-corrected chi connectivity index (χ2v) is 6.68. The van der Waals surface area contributed by atoms with E-state index >= 15 is 0 Å². The summed E-state index contributed by atoms with van der Waals surface area (Å²) in [5.74, 6) is 1.01. The minimum absolute atomic E-state index is 0.00717. The first-order valence-electron chi connectivity index (χ1n) is 8.41. The number of fused-ring (bicyclic) bond motifs is 2. The number of benzene rings is 1. The maximum absolute atomic E-state index is 13.1. The average Bonchev–Trinajstić information content (AvgIpc) is 3.35. The van der Waals surface area contributed by atoms with Crippen LogP contribution < -0.4 is 4.57 Å². The van der Waals surface area contributed by atoms with Crippen molar-refractivity contribution >= 4 is 11.6 Å². The number of imidazole rings is 1. The maximum atomic E-state index is 13.1. The normalized spacial score (nSPS) is 17.9. The molecule has 2 aromatic rings. The molecule has 1 atom stereocenters. The molecule has 0 saturated heterocycles. The van der Waals surface area contributed by atoms with Crippen LogP contribution in [0.25, 0.3) is 0 Å². The van der Waals surface area contributed by atoms with Crippen molar-refractivity contribution < 1.29 is 14.2 Å². The third-order valence-electron chi connectivity index (χ3n) is 5.19. The van der Waals surface area contributed by atoms with E-state index < -0.39 is 0 Å². The van der Waals surface area contributed by atoms with Crippen LogP contribution in [0.15, 0.2) is 24.3 Å². The molecule has 0 aliphatic heterocycles. The molecular weight excluding hydrogens is 288 g/mol. The Hall–Kier alpha value is -2.23. The van der Waals surface area contributed by atoms with Crippen molar-refractivity contribution in [3.8, 4) is 0 Å². The molecule has 2 aliphatic carbocycles. The Balaban J connectivity index is 2.05. The van der Waals surface area contributed by atoms with E-state index in [0.717, 1.165) is 25.1 Å². The summed E-state index contributed by atoms with van der Waals surface area (Å²) in [5, 5.41) is 0. The highest BCUT2D eigenvalue weighted by molar-refractivity contribution is 6.26. The number of nitrogens with zero attached hydrogens (tertiary/aromatic N) is 2. The van der Waals surface area contributed by atoms with Crippen molar-refractivity contribution in [3.05, 3.63) is 52.6 Å². The summed E-state index contributed by atoms with van der Waals surface area (Å²) in [6, 6.07) is 7.76. The highest BCUT2D eigenvalue weighted by Crippen LogP contribution is 2.36. The predicted octanol–water partition coefficient (Wildman–Crippen LogP) is 3.17. The standard InChI is InChI=1S/C19H21N2O2/c1-4-11(2)20-12(3)21(13-9-10-13)17-16(20)18(22)14-7-5-6-8-15(14)19(17)23/h5-8,11,13H,4,9-10H2,1-3H3/q+1. The molecule has 2 aliphatic rings. The molecule has 4 rings (SSSR count). The Labute approximate surface area is 135 Å². The molecule has 0 amide bonds. The second-order valence-electron chi connectivity index (χ2n) is 6.68. The Morgan fingerprint density at radius 1 is 1.17 bits per heavy atom. The summed E-state index contributed by atoms with van der Waals surface area (Å²) in [5.41, 5.74) is 2.28. The van der Waals surface area contributed by atoms with Crippen molar-refractivity contribution in [2.24, 2.45) is 0 Å². The number of carbonyl (C=O) groups excluding carboxylic acids is 2. The van der Waals surface area contributed by atoms with Crippen LogP contribution in [0.4, 0.5) is 0 Å². The molecular formula is C19H21N2O2+. The average molecular weight is 309 g/mol. The lowest BCUT2D eigenvalue weighted by atomic mass is 9.89. The van der Waals surface area contributed by atoms with Gasteiger partial charge in [0.2, 0.25) is 23.0 Å². The largest absolute Gasteiger partial charge is 0.284 e. The van der Waals surface area contributed by atoms with Gasteiger partial charge in [-0.25, -0.2) is 9.13 Å². The number of hydrogen-bond acceptors (Lipinski definition) is 2. The van der Waals surface area contributed by atoms with Crippen LogP contribution in [0.2, 0.25) is 0 Å². The Kier molecular flexibility index (Phi) is 3.05. The van der Waals surface area contributed by atoms with E-state index in [-0.39, 0.29) is 17.6 Å². The number of rotatable bonds is 3. The molecule has 0 spiro atoms. The zero-order valence-electron chi connectivity index (χ0n) is 13.8. The Morgan fingerprint density at radius 3 is 2.35 bits per heavy atom. The van der Waals surface area contributed by atoms with Gasteiger partial charge in [-0.15, -0.1) is 0 Å². The van der Waals surface area contributed by atoms with Gasteiger partial charge >= 0.3 is 0 Å². The molecule has 0 radical (unpaired) electrons. The number of carbonyl (C=O) groups is 2. The SMILES string of the molecule is CCC(C)n1c2c([n+](C3CC3)c1C)C(=O)c1ccccc1C2=O. The predicted molar refractivity (Wildman–Crippen MR) is 85.9 cm³/mol. The van der Waals surface area contributed by atoms with Crippen LogP contribution in [0, 0.1) is 6.92 Å². The highest BCUT2D eigenvalue weighted by Gasteiger charge is 2.47. The van der Waals surface area contributed by atoms with Gasteiger partial charge in [0.15, 0.2) is 0 Å². The van der Waals surface area contributed by atoms with Crippen LogP contribution in [-0.4, -0.2) is 16.1 Å². The van der Waals surface area contributed by atoms with Gasteiger partial charge in [0.25, 0.3) is 5.82 Å². The van der Waals surface area contributed by atoms with Gasteiger partial charge in [-0.3, -0.25) is 9.59 Å². The lowest BCUT2D eigenvalue weighted by Crippen LogP contribution is -2.42. The molecule has 1 heterocycles. The van der Waals surface area contributed by atoms with Gasteiger partial charge < -0.3 is 0 Å². The molecule has 1 saturated carbocycles. The van der Waals surface area contributed by atoms with Crippen LogP contribution >= 0.6 is 0 Å². The first kappa shape index (κ1) is 14.4. The fourth-order valence-electron chi connectivity index (χ4n) is 3.74. The van der Waals surface area contributed by atoms with Crippen LogP contribution in [0.5, 0.6) is 0 Å². The van der Waals surface area contributed by atoms with Gasteiger partial charge in [0.05, 0.1) is 6.04 Å². The molecule has 1 aromatic heterocycles. The summed E-state index contributed by atoms with van der Waals surface area (Å²) in [6.45, 7) is 6.26. The van der Waals surface area contributed by atoms with E-state index in [1.807, 2.05) is 19.1 Å². The smallest absolute Gasteiger partial charge is 0.254 e. The quantitative estimate of drug-likeness (QED) is 0.697. The van der Waals surface area contributed by atoms with Gasteiger partial charge in [-0.05, 0) is 26.2 Å². The van der Waals surface area contributed by atoms with Gasteiger partial charge in [0, 0.05) is 18.1 Å². The molecule has 23 heavy (non-hydrogen) atoms. The van der Waals surface area contributed by atoms with Crippen molar-refractivity contribution in [3.63, 3.8) is 0 Å². The van der Waals surface area contributed by atoms with E-state index in [4.69, 9.17) is 0 Å². The molecule has 118 valence electrons. The van der Waals surface area contributed by atoms with Gasteiger partial charge in [-0.1, -0.05) is 31.2 Å². The van der Waals surface area contributed by atoms with Gasteiger partial charge in [0.1, 0.15) is 6.04 Å². The Bertz CT molecular complexity index is 843. The van der Waals surface area contributed by atoms with E-state index in [1.165, 1.54) is 0 Å². The van der Waals surface area contributed by atoms with Crippen molar-refractivity contribution in [2.75, 3.05) is 0 Å². The summed E-state index contributed by atoms with van der Waals surface area (Å²) in [7, 11) is 0. The fraction of sp³-hybridized carbons (Fsp3) is 0.421. The lowest BCUT2D eigenvalue weighted by molar-refractivity contribution is -0.707. The van der Waals surface area contributed by atoms with Crippen LogP contribution in [-0.2, 0) is 0 Å². The molecule has 4 heteroatoms. The summed E-state index contributed by atoms with van der Waals surface area (Å²) < 4.78 is 4.21. The van der Waals surface area contributed by atoms with Gasteiger partial charge in [-0.2, -0.15) is 0 Å². The monoisotopic (exact) mass is 309 g/mol.